The second kappa shape index (κ2) is 8.91. The van der Waals surface area contributed by atoms with Gasteiger partial charge in [0.25, 0.3) is 17.7 Å². The summed E-state index contributed by atoms with van der Waals surface area (Å²) < 4.78 is 0. The number of piperazine rings is 1. The summed E-state index contributed by atoms with van der Waals surface area (Å²) in [6, 6.07) is 9.66. The normalized spacial score (nSPS) is 19.9. The Labute approximate surface area is 205 Å². The number of aromatic carboxylic acids is 1. The number of rotatable bonds is 4. The average molecular weight is 490 g/mol. The summed E-state index contributed by atoms with van der Waals surface area (Å²) in [7, 11) is 0. The van der Waals surface area contributed by atoms with E-state index in [1.54, 1.807) is 23.1 Å². The summed E-state index contributed by atoms with van der Waals surface area (Å²) in [6.07, 6.45) is 0.130. The molecule has 0 bridgehead atoms. The predicted molar refractivity (Wildman–Crippen MR) is 125 cm³/mol. The van der Waals surface area contributed by atoms with Gasteiger partial charge in [0.1, 0.15) is 6.04 Å². The van der Waals surface area contributed by atoms with E-state index in [0.717, 1.165) is 4.90 Å². The van der Waals surface area contributed by atoms with E-state index in [1.807, 2.05) is 4.90 Å². The van der Waals surface area contributed by atoms with Crippen molar-refractivity contribution in [3.05, 3.63) is 64.7 Å². The molecule has 5 rings (SSSR count). The zero-order chi connectivity index (χ0) is 25.6. The molecule has 0 aliphatic carbocycles. The maximum Gasteiger partial charge on any atom is 0.335 e. The van der Waals surface area contributed by atoms with Gasteiger partial charge >= 0.3 is 5.97 Å². The number of carbonyl (C=O) groups is 6. The number of anilines is 1. The number of fused-ring (bicyclic) bond motifs is 1. The van der Waals surface area contributed by atoms with Gasteiger partial charge in [-0.15, -0.1) is 0 Å². The lowest BCUT2D eigenvalue weighted by atomic mass is 10.0. The molecule has 11 nitrogen and oxygen atoms in total. The van der Waals surface area contributed by atoms with Gasteiger partial charge in [-0.05, 0) is 42.8 Å². The quantitative estimate of drug-likeness (QED) is 0.598. The van der Waals surface area contributed by atoms with Crippen molar-refractivity contribution in [2.24, 2.45) is 0 Å². The summed E-state index contributed by atoms with van der Waals surface area (Å²) in [6.45, 7) is 1.55. The number of amides is 5. The molecule has 2 saturated heterocycles. The Morgan fingerprint density at radius 3 is 2.17 bits per heavy atom. The lowest BCUT2D eigenvalue weighted by Gasteiger charge is -2.36. The molecule has 0 radical (unpaired) electrons. The van der Waals surface area contributed by atoms with E-state index in [2.05, 4.69) is 5.32 Å². The number of benzene rings is 2. The van der Waals surface area contributed by atoms with Crippen LogP contribution in [0.25, 0.3) is 0 Å². The Morgan fingerprint density at radius 2 is 1.53 bits per heavy atom. The molecule has 0 aromatic heterocycles. The van der Waals surface area contributed by atoms with Crippen LogP contribution in [0.4, 0.5) is 5.69 Å². The van der Waals surface area contributed by atoms with E-state index in [9.17, 15) is 28.8 Å². The standard InChI is InChI=1S/C25H22N4O7/c30-19-9-8-18(21(31)26-19)29-23(33)16-2-1-3-17(20(16)24(29)34)27-10-12-28(13-11-27)22(32)14-4-6-15(7-5-14)25(35)36/h1-7,18H,8-13H2,(H,35,36)(H,26,30,31). The van der Waals surface area contributed by atoms with Crippen molar-refractivity contribution in [1.82, 2.24) is 15.1 Å². The fourth-order valence-electron chi connectivity index (χ4n) is 4.85. The number of carbonyl (C=O) groups excluding carboxylic acids is 5. The number of hydrogen-bond donors (Lipinski definition) is 2. The molecule has 3 aliphatic rings. The topological polar surface area (TPSA) is 144 Å². The monoisotopic (exact) mass is 490 g/mol. The third kappa shape index (κ3) is 3.88. The van der Waals surface area contributed by atoms with E-state index in [-0.39, 0.29) is 35.4 Å². The Balaban J connectivity index is 1.32. The molecule has 0 spiro atoms. The van der Waals surface area contributed by atoms with Crippen LogP contribution in [0.3, 0.4) is 0 Å². The first-order chi connectivity index (χ1) is 17.3. The van der Waals surface area contributed by atoms with Gasteiger partial charge in [-0.3, -0.25) is 34.2 Å². The van der Waals surface area contributed by atoms with Gasteiger partial charge in [0.2, 0.25) is 11.8 Å². The second-order valence-corrected chi connectivity index (χ2v) is 8.81. The van der Waals surface area contributed by atoms with Crippen LogP contribution in [0.15, 0.2) is 42.5 Å². The molecule has 3 aliphatic heterocycles. The van der Waals surface area contributed by atoms with Crippen LogP contribution in [-0.2, 0) is 9.59 Å². The average Bonchev–Trinajstić information content (AvgIpc) is 3.14. The molecule has 5 amide bonds. The zero-order valence-electron chi connectivity index (χ0n) is 19.1. The Bertz CT molecular complexity index is 1310. The number of carboxylic acids is 1. The van der Waals surface area contributed by atoms with Gasteiger partial charge in [0.15, 0.2) is 0 Å². The van der Waals surface area contributed by atoms with Gasteiger partial charge in [-0.1, -0.05) is 6.07 Å². The number of hydrogen-bond acceptors (Lipinski definition) is 7. The number of imide groups is 2. The SMILES string of the molecule is O=C1CCC(N2C(=O)c3cccc(N4CCN(C(=O)c5ccc(C(=O)O)cc5)CC4)c3C2=O)C(=O)N1. The number of piperidine rings is 1. The highest BCUT2D eigenvalue weighted by Crippen LogP contribution is 2.34. The molecule has 0 saturated carbocycles. The Kier molecular flexibility index (Phi) is 5.75. The van der Waals surface area contributed by atoms with Crippen LogP contribution in [0, 0.1) is 0 Å². The van der Waals surface area contributed by atoms with E-state index >= 15 is 0 Å². The minimum Gasteiger partial charge on any atom is -0.478 e. The number of nitrogens with zero attached hydrogens (tertiary/aromatic N) is 3. The molecule has 3 heterocycles. The molecule has 2 aromatic carbocycles. The summed E-state index contributed by atoms with van der Waals surface area (Å²) in [5.41, 5.74) is 1.46. The zero-order valence-corrected chi connectivity index (χ0v) is 19.1. The maximum absolute atomic E-state index is 13.3. The third-order valence-electron chi connectivity index (χ3n) is 6.73. The van der Waals surface area contributed by atoms with Crippen molar-refractivity contribution >= 4 is 41.2 Å². The fraction of sp³-hybridized carbons (Fsp3) is 0.280. The summed E-state index contributed by atoms with van der Waals surface area (Å²) >= 11 is 0. The number of nitrogens with one attached hydrogen (secondary N) is 1. The van der Waals surface area contributed by atoms with Crippen molar-refractivity contribution in [2.45, 2.75) is 18.9 Å². The van der Waals surface area contributed by atoms with Crippen LogP contribution in [0.1, 0.15) is 54.3 Å². The lowest BCUT2D eigenvalue weighted by Crippen LogP contribution is -2.54. The van der Waals surface area contributed by atoms with Crippen LogP contribution in [0.2, 0.25) is 0 Å². The van der Waals surface area contributed by atoms with Gasteiger partial charge in [-0.2, -0.15) is 0 Å². The molecule has 2 fully saturated rings. The number of carboxylic acid groups (broad SMARTS) is 1. The predicted octanol–water partition coefficient (Wildman–Crippen LogP) is 0.748. The molecule has 2 aromatic rings. The van der Waals surface area contributed by atoms with Gasteiger partial charge in [0, 0.05) is 38.2 Å². The molecule has 11 heteroatoms. The van der Waals surface area contributed by atoms with Gasteiger partial charge < -0.3 is 14.9 Å². The largest absolute Gasteiger partial charge is 0.478 e. The molecular formula is C25H22N4O7. The molecule has 184 valence electrons. The molecule has 1 unspecified atom stereocenters. The van der Waals surface area contributed by atoms with Gasteiger partial charge in [0.05, 0.1) is 22.4 Å². The first-order valence-corrected chi connectivity index (χ1v) is 11.5. The minimum atomic E-state index is -1.07. The summed E-state index contributed by atoms with van der Waals surface area (Å²) in [5.74, 6) is -3.52. The molecular weight excluding hydrogens is 468 g/mol. The second-order valence-electron chi connectivity index (χ2n) is 8.81. The highest BCUT2D eigenvalue weighted by atomic mass is 16.4. The van der Waals surface area contributed by atoms with Crippen LogP contribution >= 0.6 is 0 Å². The van der Waals surface area contributed by atoms with E-state index in [0.29, 0.717) is 37.4 Å². The minimum absolute atomic E-state index is 0.0473. The van der Waals surface area contributed by atoms with E-state index in [4.69, 9.17) is 5.11 Å². The first kappa shape index (κ1) is 23.2. The van der Waals surface area contributed by atoms with Crippen LogP contribution in [0.5, 0.6) is 0 Å². The molecule has 36 heavy (non-hydrogen) atoms. The van der Waals surface area contributed by atoms with Crippen LogP contribution in [-0.4, -0.2) is 82.6 Å². The van der Waals surface area contributed by atoms with Crippen LogP contribution < -0.4 is 10.2 Å². The summed E-state index contributed by atoms with van der Waals surface area (Å²) in [5, 5.41) is 11.2. The fourth-order valence-corrected chi connectivity index (χ4v) is 4.85. The Morgan fingerprint density at radius 1 is 0.861 bits per heavy atom. The van der Waals surface area contributed by atoms with Crippen molar-refractivity contribution in [2.75, 3.05) is 31.1 Å². The lowest BCUT2D eigenvalue weighted by molar-refractivity contribution is -0.136. The van der Waals surface area contributed by atoms with Crippen molar-refractivity contribution in [1.29, 1.82) is 0 Å². The van der Waals surface area contributed by atoms with Crippen molar-refractivity contribution in [3.63, 3.8) is 0 Å². The summed E-state index contributed by atoms with van der Waals surface area (Å²) in [4.78, 5) is 78.7. The van der Waals surface area contributed by atoms with Gasteiger partial charge in [-0.25, -0.2) is 4.79 Å². The highest BCUT2D eigenvalue weighted by Gasteiger charge is 2.46. The third-order valence-corrected chi connectivity index (χ3v) is 6.73. The molecule has 2 N–H and O–H groups in total. The highest BCUT2D eigenvalue weighted by molar-refractivity contribution is 6.25. The van der Waals surface area contributed by atoms with Crippen molar-refractivity contribution < 1.29 is 33.9 Å². The smallest absolute Gasteiger partial charge is 0.335 e. The first-order valence-electron chi connectivity index (χ1n) is 11.5. The Hall–Kier alpha value is -4.54. The van der Waals surface area contributed by atoms with Crippen molar-refractivity contribution in [3.8, 4) is 0 Å². The van der Waals surface area contributed by atoms with E-state index in [1.165, 1.54) is 24.3 Å². The maximum atomic E-state index is 13.3. The van der Waals surface area contributed by atoms with E-state index < -0.39 is 35.6 Å². The molecule has 1 atom stereocenters.